The molecule has 114 valence electrons. The summed E-state index contributed by atoms with van der Waals surface area (Å²) in [5, 5.41) is 0. The largest absolute Gasteiger partial charge is 0.339 e. The Hall–Kier alpha value is -1.31. The van der Waals surface area contributed by atoms with Gasteiger partial charge in [0.15, 0.2) is 0 Å². The van der Waals surface area contributed by atoms with Gasteiger partial charge >= 0.3 is 0 Å². The quantitative estimate of drug-likeness (QED) is 0.805. The van der Waals surface area contributed by atoms with Gasteiger partial charge < -0.3 is 4.90 Å². The zero-order valence-electron chi connectivity index (χ0n) is 13.1. The molecular formula is C19H27NO. The number of benzene rings is 1. The van der Waals surface area contributed by atoms with Gasteiger partial charge in [0.05, 0.1) is 0 Å². The summed E-state index contributed by atoms with van der Waals surface area (Å²) in [4.78, 5) is 15.1. The van der Waals surface area contributed by atoms with Crippen molar-refractivity contribution in [2.45, 2.75) is 63.8 Å². The second kappa shape index (κ2) is 6.64. The van der Waals surface area contributed by atoms with Crippen LogP contribution in [0.15, 0.2) is 30.3 Å². The van der Waals surface area contributed by atoms with E-state index in [4.69, 9.17) is 0 Å². The molecule has 1 heterocycles. The maximum atomic E-state index is 12.8. The molecule has 2 atom stereocenters. The number of carbonyl (C=O) groups excluding carboxylic acids is 1. The summed E-state index contributed by atoms with van der Waals surface area (Å²) in [5.41, 5.74) is 1.40. The lowest BCUT2D eigenvalue weighted by molar-refractivity contribution is -0.136. The molecule has 3 rings (SSSR count). The van der Waals surface area contributed by atoms with Gasteiger partial charge in [-0.1, -0.05) is 50.1 Å². The van der Waals surface area contributed by atoms with Gasteiger partial charge in [-0.25, -0.2) is 0 Å². The average Bonchev–Trinajstić information content (AvgIpc) is 3.20. The molecule has 1 aliphatic heterocycles. The van der Waals surface area contributed by atoms with Crippen molar-refractivity contribution in [3.05, 3.63) is 35.9 Å². The summed E-state index contributed by atoms with van der Waals surface area (Å²) >= 11 is 0. The predicted octanol–water partition coefficient (Wildman–Crippen LogP) is 4.36. The molecule has 2 aliphatic rings. The first-order valence-electron chi connectivity index (χ1n) is 8.66. The number of rotatable bonds is 4. The van der Waals surface area contributed by atoms with Crippen LogP contribution in [0.3, 0.4) is 0 Å². The predicted molar refractivity (Wildman–Crippen MR) is 86.2 cm³/mol. The molecule has 2 heteroatoms. The maximum Gasteiger partial charge on any atom is 0.225 e. The number of amides is 1. The van der Waals surface area contributed by atoms with Crippen molar-refractivity contribution in [2.24, 2.45) is 5.92 Å². The van der Waals surface area contributed by atoms with E-state index in [1.165, 1.54) is 31.2 Å². The van der Waals surface area contributed by atoms with Crippen LogP contribution < -0.4 is 0 Å². The molecule has 0 bridgehead atoms. The van der Waals surface area contributed by atoms with E-state index >= 15 is 0 Å². The van der Waals surface area contributed by atoms with Crippen molar-refractivity contribution in [1.82, 2.24) is 4.90 Å². The lowest BCUT2D eigenvalue weighted by Crippen LogP contribution is -2.41. The Kier molecular flexibility index (Phi) is 4.62. The summed E-state index contributed by atoms with van der Waals surface area (Å²) < 4.78 is 0. The fraction of sp³-hybridized carbons (Fsp3) is 0.632. The van der Waals surface area contributed by atoms with Crippen LogP contribution in [0, 0.1) is 5.92 Å². The van der Waals surface area contributed by atoms with Crippen LogP contribution >= 0.6 is 0 Å². The van der Waals surface area contributed by atoms with Crippen LogP contribution in [0.1, 0.15) is 63.4 Å². The van der Waals surface area contributed by atoms with Gasteiger partial charge in [0.2, 0.25) is 5.91 Å². The Balaban J connectivity index is 1.77. The van der Waals surface area contributed by atoms with Crippen molar-refractivity contribution in [3.63, 3.8) is 0 Å². The van der Waals surface area contributed by atoms with E-state index < -0.39 is 0 Å². The Bertz CT molecular complexity index is 464. The highest BCUT2D eigenvalue weighted by Gasteiger charge is 2.37. The normalized spacial score (nSPS) is 24.4. The highest BCUT2D eigenvalue weighted by atomic mass is 16.2. The van der Waals surface area contributed by atoms with Crippen LogP contribution in [0.25, 0.3) is 0 Å². The number of likely N-dealkylation sites (tertiary alicyclic amines) is 1. The lowest BCUT2D eigenvalue weighted by atomic mass is 9.87. The van der Waals surface area contributed by atoms with Gasteiger partial charge in [0.1, 0.15) is 0 Å². The van der Waals surface area contributed by atoms with E-state index in [1.54, 1.807) is 0 Å². The summed E-state index contributed by atoms with van der Waals surface area (Å²) in [6.45, 7) is 3.23. The Morgan fingerprint density at radius 3 is 2.52 bits per heavy atom. The topological polar surface area (TPSA) is 20.3 Å². The number of carbonyl (C=O) groups is 1. The third-order valence-electron chi connectivity index (χ3n) is 5.42. The van der Waals surface area contributed by atoms with E-state index in [0.717, 1.165) is 25.8 Å². The molecule has 2 nitrogen and oxygen atoms in total. The lowest BCUT2D eigenvalue weighted by Gasteiger charge is -2.33. The first-order valence-corrected chi connectivity index (χ1v) is 8.66. The second-order valence-electron chi connectivity index (χ2n) is 6.65. The fourth-order valence-electron chi connectivity index (χ4n) is 4.32. The maximum absolute atomic E-state index is 12.8. The highest BCUT2D eigenvalue weighted by molar-refractivity contribution is 5.79. The van der Waals surface area contributed by atoms with Crippen molar-refractivity contribution < 1.29 is 4.79 Å². The minimum absolute atomic E-state index is 0.318. The molecule has 1 saturated carbocycles. The number of hydrogen-bond acceptors (Lipinski definition) is 1. The zero-order valence-corrected chi connectivity index (χ0v) is 13.1. The molecule has 0 spiro atoms. The highest BCUT2D eigenvalue weighted by Crippen LogP contribution is 2.36. The molecule has 0 N–H and O–H groups in total. The minimum atomic E-state index is 0.318. The van der Waals surface area contributed by atoms with Crippen LogP contribution in [-0.2, 0) is 4.79 Å². The molecule has 2 unspecified atom stereocenters. The first-order chi connectivity index (χ1) is 10.3. The van der Waals surface area contributed by atoms with Crippen LogP contribution in [-0.4, -0.2) is 23.4 Å². The van der Waals surface area contributed by atoms with Crippen molar-refractivity contribution in [3.8, 4) is 0 Å². The first kappa shape index (κ1) is 14.6. The average molecular weight is 285 g/mol. The van der Waals surface area contributed by atoms with Crippen molar-refractivity contribution in [1.29, 1.82) is 0 Å². The summed E-state index contributed by atoms with van der Waals surface area (Å²) in [6, 6.07) is 11.2. The number of hydrogen-bond donors (Lipinski definition) is 0. The van der Waals surface area contributed by atoms with E-state index in [0.29, 0.717) is 23.8 Å². The standard InChI is InChI=1S/C19H27NO/c1-2-17(15-9-4-3-5-10-15)18-13-8-14-20(18)19(21)16-11-6-7-12-16/h3-5,9-10,16-18H,2,6-8,11-14H2,1H3. The molecule has 1 aliphatic carbocycles. The van der Waals surface area contributed by atoms with Gasteiger partial charge in [-0.3, -0.25) is 4.79 Å². The fourth-order valence-corrected chi connectivity index (χ4v) is 4.32. The van der Waals surface area contributed by atoms with Gasteiger partial charge in [-0.15, -0.1) is 0 Å². The van der Waals surface area contributed by atoms with Crippen molar-refractivity contribution in [2.75, 3.05) is 6.54 Å². The third-order valence-corrected chi connectivity index (χ3v) is 5.42. The van der Waals surface area contributed by atoms with Gasteiger partial charge in [0, 0.05) is 24.4 Å². The Morgan fingerprint density at radius 1 is 1.14 bits per heavy atom. The van der Waals surface area contributed by atoms with E-state index in [-0.39, 0.29) is 0 Å². The molecule has 21 heavy (non-hydrogen) atoms. The SMILES string of the molecule is CCC(c1ccccc1)C1CCCN1C(=O)C1CCCC1. The van der Waals surface area contributed by atoms with E-state index in [1.807, 2.05) is 0 Å². The molecule has 1 aromatic rings. The van der Waals surface area contributed by atoms with Gasteiger partial charge in [0.25, 0.3) is 0 Å². The van der Waals surface area contributed by atoms with E-state index in [2.05, 4.69) is 42.2 Å². The smallest absolute Gasteiger partial charge is 0.225 e. The van der Waals surface area contributed by atoms with Crippen LogP contribution in [0.5, 0.6) is 0 Å². The Morgan fingerprint density at radius 2 is 1.86 bits per heavy atom. The molecule has 1 amide bonds. The van der Waals surface area contributed by atoms with Crippen LogP contribution in [0.2, 0.25) is 0 Å². The monoisotopic (exact) mass is 285 g/mol. The Labute approximate surface area is 128 Å². The number of nitrogens with zero attached hydrogens (tertiary/aromatic N) is 1. The second-order valence-corrected chi connectivity index (χ2v) is 6.65. The van der Waals surface area contributed by atoms with Crippen LogP contribution in [0.4, 0.5) is 0 Å². The molecule has 1 aromatic carbocycles. The van der Waals surface area contributed by atoms with Crippen molar-refractivity contribution >= 4 is 5.91 Å². The van der Waals surface area contributed by atoms with Gasteiger partial charge in [-0.2, -0.15) is 0 Å². The zero-order chi connectivity index (χ0) is 14.7. The molecular weight excluding hydrogens is 258 g/mol. The summed E-state index contributed by atoms with van der Waals surface area (Å²) in [6.07, 6.45) is 8.17. The summed E-state index contributed by atoms with van der Waals surface area (Å²) in [5.74, 6) is 1.27. The van der Waals surface area contributed by atoms with Gasteiger partial charge in [-0.05, 0) is 37.7 Å². The minimum Gasteiger partial charge on any atom is -0.339 e. The molecule has 0 radical (unpaired) electrons. The molecule has 0 aromatic heterocycles. The molecule has 1 saturated heterocycles. The van der Waals surface area contributed by atoms with E-state index in [9.17, 15) is 4.79 Å². The summed E-state index contributed by atoms with van der Waals surface area (Å²) in [7, 11) is 0. The third kappa shape index (κ3) is 3.00. The molecule has 2 fully saturated rings.